The number of thioether (sulfide) groups is 1. The first-order valence-corrected chi connectivity index (χ1v) is 20.1. The van der Waals surface area contributed by atoms with Gasteiger partial charge in [0.2, 0.25) is 5.91 Å². The first kappa shape index (κ1) is 38.7. The fourth-order valence-corrected chi connectivity index (χ4v) is 11.0. The smallest absolute Gasteiger partial charge is 0.316 e. The topological polar surface area (TPSA) is 147 Å². The van der Waals surface area contributed by atoms with Crippen LogP contribution >= 0.6 is 11.8 Å². The quantitative estimate of drug-likeness (QED) is 0.145. The van der Waals surface area contributed by atoms with E-state index in [1.54, 1.807) is 6.20 Å². The monoisotopic (exact) mass is 735 g/mol. The number of ether oxygens (including phenoxy) is 1. The fourth-order valence-electron chi connectivity index (χ4n) is 10.2. The summed E-state index contributed by atoms with van der Waals surface area (Å²) in [6.45, 7) is 15.3. The number of likely N-dealkylation sites (tertiary alicyclic amines) is 1. The summed E-state index contributed by atoms with van der Waals surface area (Å²) in [5, 5.41) is 32.5. The van der Waals surface area contributed by atoms with Crippen LogP contribution in [0.3, 0.4) is 0 Å². The van der Waals surface area contributed by atoms with Crippen LogP contribution in [0, 0.1) is 39.9 Å². The summed E-state index contributed by atoms with van der Waals surface area (Å²) in [5.74, 6) is -0.0417. The number of aliphatic hydroxyl groups is 2. The molecule has 4 aliphatic rings. The van der Waals surface area contributed by atoms with E-state index in [4.69, 9.17) is 4.74 Å². The maximum Gasteiger partial charge on any atom is 0.316 e. The second-order valence-electron chi connectivity index (χ2n) is 16.5. The molecule has 1 amide bonds. The number of rotatable bonds is 12. The van der Waals surface area contributed by atoms with E-state index >= 15 is 0 Å². The molecule has 1 saturated heterocycles. The Morgan fingerprint density at radius 2 is 1.90 bits per heavy atom. The van der Waals surface area contributed by atoms with Gasteiger partial charge in [0.1, 0.15) is 18.4 Å². The van der Waals surface area contributed by atoms with Crippen LogP contribution in [-0.2, 0) is 32.2 Å². The Kier molecular flexibility index (Phi) is 11.7. The van der Waals surface area contributed by atoms with Gasteiger partial charge in [-0.25, -0.2) is 4.68 Å². The number of para-hydroxylation sites is 1. The maximum atomic E-state index is 13.7. The molecule has 4 fully saturated rings. The lowest BCUT2D eigenvalue weighted by Crippen LogP contribution is -2.63. The number of piperidine rings is 1. The number of ketones is 1. The number of hydrogen-bond donors (Lipinski definition) is 3. The molecule has 52 heavy (non-hydrogen) atoms. The summed E-state index contributed by atoms with van der Waals surface area (Å²) in [6.07, 6.45) is 8.74. The Labute approximate surface area is 312 Å². The summed E-state index contributed by atoms with van der Waals surface area (Å²) in [5.41, 5.74) is -0.198. The van der Waals surface area contributed by atoms with E-state index in [0.717, 1.165) is 62.2 Å². The zero-order chi connectivity index (χ0) is 37.3. The predicted molar refractivity (Wildman–Crippen MR) is 200 cm³/mol. The highest BCUT2D eigenvalue weighted by Crippen LogP contribution is 2.68. The zero-order valence-electron chi connectivity index (χ0n) is 31.3. The summed E-state index contributed by atoms with van der Waals surface area (Å²) >= 11 is 1.30. The molecule has 3 saturated carbocycles. The van der Waals surface area contributed by atoms with Gasteiger partial charge in [0, 0.05) is 41.2 Å². The van der Waals surface area contributed by atoms with E-state index in [1.165, 1.54) is 16.4 Å². The van der Waals surface area contributed by atoms with Crippen LogP contribution in [0.5, 0.6) is 0 Å². The molecule has 1 aliphatic heterocycles. The van der Waals surface area contributed by atoms with Gasteiger partial charge in [0.15, 0.2) is 0 Å². The van der Waals surface area contributed by atoms with Crippen LogP contribution < -0.4 is 5.32 Å². The molecular formula is C40H57N5O6S. The summed E-state index contributed by atoms with van der Waals surface area (Å²) < 4.78 is 7.96. The second kappa shape index (κ2) is 15.7. The van der Waals surface area contributed by atoms with Crippen LogP contribution in [0.1, 0.15) is 84.8 Å². The first-order chi connectivity index (χ1) is 24.8. The number of carbonyl (C=O) groups excluding carboxylic acids is 3. The summed E-state index contributed by atoms with van der Waals surface area (Å²) in [6, 6.07) is 7.37. The van der Waals surface area contributed by atoms with Crippen molar-refractivity contribution in [1.82, 2.24) is 19.9 Å². The van der Waals surface area contributed by atoms with Crippen molar-refractivity contribution in [3.63, 3.8) is 0 Å². The normalized spacial score (nSPS) is 33.9. The number of aliphatic hydroxyl groups excluding tert-OH is 2. The molecule has 6 rings (SSSR count). The van der Waals surface area contributed by atoms with Crippen LogP contribution in [0.15, 0.2) is 48.0 Å². The zero-order valence-corrected chi connectivity index (χ0v) is 32.1. The van der Waals surface area contributed by atoms with Gasteiger partial charge in [-0.15, -0.1) is 23.4 Å². The Hall–Kier alpha value is -3.06. The van der Waals surface area contributed by atoms with Crippen molar-refractivity contribution in [1.29, 1.82) is 0 Å². The minimum absolute atomic E-state index is 0.00101. The molecule has 2 aromatic rings. The van der Waals surface area contributed by atoms with Crippen LogP contribution in [0.4, 0.5) is 5.69 Å². The Bertz CT molecular complexity index is 1630. The van der Waals surface area contributed by atoms with Gasteiger partial charge in [-0.1, -0.05) is 51.1 Å². The largest absolute Gasteiger partial charge is 0.461 e. The average molecular weight is 736 g/mol. The third kappa shape index (κ3) is 7.50. The number of amides is 1. The molecule has 284 valence electrons. The van der Waals surface area contributed by atoms with E-state index in [1.807, 2.05) is 37.3 Å². The number of nitrogens with zero attached hydrogens (tertiary/aromatic N) is 4. The molecule has 0 radical (unpaired) electrons. The Balaban J connectivity index is 1.09. The molecule has 3 N–H and O–H groups in total. The Morgan fingerprint density at radius 3 is 2.63 bits per heavy atom. The van der Waals surface area contributed by atoms with Crippen molar-refractivity contribution >= 4 is 35.1 Å². The van der Waals surface area contributed by atoms with Crippen molar-refractivity contribution in [2.45, 2.75) is 109 Å². The van der Waals surface area contributed by atoms with Crippen LogP contribution in [0.25, 0.3) is 0 Å². The van der Waals surface area contributed by atoms with Crippen molar-refractivity contribution in [2.75, 3.05) is 30.8 Å². The molecule has 1 aromatic carbocycles. The van der Waals surface area contributed by atoms with Gasteiger partial charge in [-0.05, 0) is 93.3 Å². The lowest BCUT2D eigenvalue weighted by molar-refractivity contribution is -0.205. The standard InChI is InChI=1S/C40H57N5O6S/c1-6-38(4)21-33(39(5)26(2)11-16-40(27(3)37(38)50)17-12-31(47)36(39)40)51-35(49)25-52-32-10-8-7-9-30(32)41-34(48)24-45-23-29(42-43-45)22-44-18-13-28(14-19-44)15-20-46/h6-10,23,26-28,33,36-37,46,50H,1,11-22,24-25H2,2-5H3,(H,41,48)/t26-,27+,33-,36+,37+,38-,39+,40+/m1/s1. The van der Waals surface area contributed by atoms with E-state index in [9.17, 15) is 24.6 Å². The third-order valence-electron chi connectivity index (χ3n) is 13.6. The number of hydrogen-bond acceptors (Lipinski definition) is 10. The number of aromatic nitrogens is 3. The van der Waals surface area contributed by atoms with Gasteiger partial charge in [-0.3, -0.25) is 19.3 Å². The highest BCUT2D eigenvalue weighted by molar-refractivity contribution is 8.00. The molecule has 2 bridgehead atoms. The SMILES string of the molecule is C=C[C@]1(C)C[C@@H](OC(=O)CSc2ccccc2NC(=O)Cn2cc(CN3CCC(CCO)CC3)nn2)[C@]2(C)[C@H](C)CC[C@]3(CCC(=O)[C@H]32)[C@@H](C)[C@@H]1O. The van der Waals surface area contributed by atoms with E-state index < -0.39 is 29.0 Å². The van der Waals surface area contributed by atoms with Gasteiger partial charge >= 0.3 is 5.97 Å². The van der Waals surface area contributed by atoms with Crippen LogP contribution in [0.2, 0.25) is 0 Å². The third-order valence-corrected chi connectivity index (χ3v) is 14.7. The Morgan fingerprint density at radius 1 is 1.15 bits per heavy atom. The maximum absolute atomic E-state index is 13.7. The van der Waals surface area contributed by atoms with Gasteiger partial charge < -0.3 is 20.3 Å². The number of carbonyl (C=O) groups is 3. The van der Waals surface area contributed by atoms with E-state index in [-0.39, 0.29) is 53.8 Å². The molecule has 2 heterocycles. The van der Waals surface area contributed by atoms with Gasteiger partial charge in [0.05, 0.1) is 29.4 Å². The number of nitrogens with one attached hydrogen (secondary N) is 1. The molecule has 12 heteroatoms. The van der Waals surface area contributed by atoms with Crippen molar-refractivity contribution in [3.05, 3.63) is 48.8 Å². The molecule has 0 unspecified atom stereocenters. The molecule has 3 aliphatic carbocycles. The lowest BCUT2D eigenvalue weighted by Gasteiger charge is -2.61. The van der Waals surface area contributed by atoms with Gasteiger partial charge in [0.25, 0.3) is 0 Å². The predicted octanol–water partition coefficient (Wildman–Crippen LogP) is 5.51. The highest BCUT2D eigenvalue weighted by Gasteiger charge is 2.68. The number of esters is 1. The summed E-state index contributed by atoms with van der Waals surface area (Å²) in [7, 11) is 0. The molecular weight excluding hydrogens is 679 g/mol. The average Bonchev–Trinajstić information content (AvgIpc) is 3.72. The first-order valence-electron chi connectivity index (χ1n) is 19.1. The molecule has 8 atom stereocenters. The van der Waals surface area contributed by atoms with E-state index in [2.05, 4.69) is 47.9 Å². The highest BCUT2D eigenvalue weighted by atomic mass is 32.2. The second-order valence-corrected chi connectivity index (χ2v) is 17.6. The van der Waals surface area contributed by atoms with Gasteiger partial charge in [-0.2, -0.15) is 0 Å². The fraction of sp³-hybridized carbons (Fsp3) is 0.675. The number of Topliss-reactive ketones (excluding diaryl/α,β-unsaturated/α-hetero) is 1. The van der Waals surface area contributed by atoms with Crippen molar-refractivity contribution < 1.29 is 29.3 Å². The van der Waals surface area contributed by atoms with Crippen molar-refractivity contribution in [3.8, 4) is 0 Å². The lowest BCUT2D eigenvalue weighted by atomic mass is 9.44. The minimum Gasteiger partial charge on any atom is -0.461 e. The number of anilines is 1. The number of benzene rings is 1. The molecule has 11 nitrogen and oxygen atoms in total. The van der Waals surface area contributed by atoms with Crippen LogP contribution in [-0.4, -0.2) is 85.4 Å². The van der Waals surface area contributed by atoms with Crippen molar-refractivity contribution in [2.24, 2.45) is 39.9 Å². The summed E-state index contributed by atoms with van der Waals surface area (Å²) in [4.78, 5) is 43.6. The minimum atomic E-state index is -0.716. The van der Waals surface area contributed by atoms with E-state index in [0.29, 0.717) is 31.0 Å². The molecule has 0 spiro atoms. The molecule has 1 aromatic heterocycles.